The summed E-state index contributed by atoms with van der Waals surface area (Å²) in [6.07, 6.45) is 5.98. The van der Waals surface area contributed by atoms with E-state index in [0.717, 1.165) is 46.6 Å². The summed E-state index contributed by atoms with van der Waals surface area (Å²) in [6, 6.07) is 6.36. The van der Waals surface area contributed by atoms with Crippen LogP contribution in [0.5, 0.6) is 0 Å². The van der Waals surface area contributed by atoms with Gasteiger partial charge in [-0.15, -0.1) is 5.10 Å². The molecule has 9 nitrogen and oxygen atoms in total. The molecule has 0 spiro atoms. The van der Waals surface area contributed by atoms with E-state index < -0.39 is 0 Å². The van der Waals surface area contributed by atoms with Crippen LogP contribution in [0.4, 0.5) is 5.95 Å². The van der Waals surface area contributed by atoms with Crippen molar-refractivity contribution in [2.45, 2.75) is 31.9 Å². The van der Waals surface area contributed by atoms with Gasteiger partial charge in [-0.1, -0.05) is 0 Å². The summed E-state index contributed by atoms with van der Waals surface area (Å²) in [5, 5.41) is 8.01. The first-order valence-corrected chi connectivity index (χ1v) is 10.1. The van der Waals surface area contributed by atoms with Crippen molar-refractivity contribution in [1.82, 2.24) is 29.1 Å². The van der Waals surface area contributed by atoms with E-state index in [9.17, 15) is 0 Å². The first-order valence-electron chi connectivity index (χ1n) is 10.1. The molecule has 0 unspecified atom stereocenters. The Balaban J connectivity index is 1.32. The van der Waals surface area contributed by atoms with E-state index in [1.165, 1.54) is 0 Å². The molecule has 1 N–H and O–H groups in total. The third kappa shape index (κ3) is 3.40. The average molecular weight is 407 g/mol. The van der Waals surface area contributed by atoms with Gasteiger partial charge in [-0.25, -0.2) is 19.5 Å². The largest absolute Gasteiger partial charge is 0.382 e. The number of imidazole rings is 1. The molecule has 0 aliphatic heterocycles. The van der Waals surface area contributed by atoms with Crippen LogP contribution in [-0.4, -0.2) is 61.6 Å². The van der Waals surface area contributed by atoms with E-state index in [-0.39, 0.29) is 6.10 Å². The molecule has 4 heterocycles. The fraction of sp³-hybridized carbons (Fsp3) is 0.429. The van der Waals surface area contributed by atoms with Crippen molar-refractivity contribution in [3.05, 3.63) is 36.4 Å². The Bertz CT molecular complexity index is 1190. The molecular formula is C21H25N7O2. The summed E-state index contributed by atoms with van der Waals surface area (Å²) in [5.41, 5.74) is 4.57. The highest BCUT2D eigenvalue weighted by molar-refractivity contribution is 5.82. The number of nitrogens with one attached hydrogen (secondary N) is 1. The minimum atomic E-state index is 0.288. The number of hydrogen-bond acceptors (Lipinski definition) is 7. The third-order valence-electron chi connectivity index (χ3n) is 5.70. The number of anilines is 1. The second-order valence-electron chi connectivity index (χ2n) is 7.70. The SMILES string of the molecule is COCCOC1CC(Nc2ncc3c(-c4ccc5nc(C)n(C)c5n4)ccn3n2)C1. The lowest BCUT2D eigenvalue weighted by Crippen LogP contribution is -2.41. The Labute approximate surface area is 174 Å². The first kappa shape index (κ1) is 19.0. The maximum absolute atomic E-state index is 5.73. The number of methoxy groups -OCH3 is 1. The molecule has 156 valence electrons. The summed E-state index contributed by atoms with van der Waals surface area (Å²) in [5.74, 6) is 1.56. The van der Waals surface area contributed by atoms with Crippen molar-refractivity contribution in [3.8, 4) is 11.3 Å². The molecule has 1 aliphatic carbocycles. The third-order valence-corrected chi connectivity index (χ3v) is 5.70. The topological polar surface area (TPSA) is 91.4 Å². The molecule has 0 aromatic carbocycles. The van der Waals surface area contributed by atoms with Crippen molar-refractivity contribution in [1.29, 1.82) is 0 Å². The molecule has 0 radical (unpaired) electrons. The predicted octanol–water partition coefficient (Wildman–Crippen LogP) is 2.59. The lowest BCUT2D eigenvalue weighted by atomic mass is 9.89. The Morgan fingerprint density at radius 1 is 1.17 bits per heavy atom. The van der Waals surface area contributed by atoms with E-state index in [0.29, 0.717) is 25.2 Å². The highest BCUT2D eigenvalue weighted by Crippen LogP contribution is 2.28. The van der Waals surface area contributed by atoms with Crippen LogP contribution in [0.25, 0.3) is 27.9 Å². The van der Waals surface area contributed by atoms with Gasteiger partial charge in [0, 0.05) is 32.0 Å². The molecule has 9 heteroatoms. The molecule has 1 fully saturated rings. The molecule has 4 aromatic rings. The zero-order chi connectivity index (χ0) is 20.7. The minimum Gasteiger partial charge on any atom is -0.382 e. The van der Waals surface area contributed by atoms with Gasteiger partial charge in [0.15, 0.2) is 5.65 Å². The smallest absolute Gasteiger partial charge is 0.241 e. The van der Waals surface area contributed by atoms with Crippen LogP contribution in [0.3, 0.4) is 0 Å². The molecule has 0 atom stereocenters. The van der Waals surface area contributed by atoms with Gasteiger partial charge < -0.3 is 19.4 Å². The zero-order valence-corrected chi connectivity index (χ0v) is 17.4. The fourth-order valence-corrected chi connectivity index (χ4v) is 3.81. The number of aromatic nitrogens is 6. The summed E-state index contributed by atoms with van der Waals surface area (Å²) in [4.78, 5) is 13.9. The fourth-order valence-electron chi connectivity index (χ4n) is 3.81. The molecule has 1 aliphatic rings. The predicted molar refractivity (Wildman–Crippen MR) is 113 cm³/mol. The van der Waals surface area contributed by atoms with Crippen molar-refractivity contribution in [3.63, 3.8) is 0 Å². The molecule has 5 rings (SSSR count). The zero-order valence-electron chi connectivity index (χ0n) is 17.4. The van der Waals surface area contributed by atoms with E-state index in [4.69, 9.17) is 14.5 Å². The highest BCUT2D eigenvalue weighted by atomic mass is 16.5. The first-order chi connectivity index (χ1) is 14.6. The summed E-state index contributed by atoms with van der Waals surface area (Å²) in [6.45, 7) is 3.25. The lowest BCUT2D eigenvalue weighted by molar-refractivity contribution is -0.0261. The van der Waals surface area contributed by atoms with Crippen molar-refractivity contribution < 1.29 is 9.47 Å². The number of ether oxygens (including phenoxy) is 2. The normalized spacial score (nSPS) is 18.8. The van der Waals surface area contributed by atoms with Gasteiger partial charge in [0.05, 0.1) is 36.7 Å². The lowest BCUT2D eigenvalue weighted by Gasteiger charge is -2.35. The van der Waals surface area contributed by atoms with E-state index in [2.05, 4.69) is 20.4 Å². The van der Waals surface area contributed by atoms with Gasteiger partial charge >= 0.3 is 0 Å². The molecule has 30 heavy (non-hydrogen) atoms. The second-order valence-corrected chi connectivity index (χ2v) is 7.70. The van der Waals surface area contributed by atoms with Crippen LogP contribution < -0.4 is 5.32 Å². The standard InChI is InChI=1S/C21H25N7O2/c1-13-23-18-5-4-17(25-20(18)27(13)2)16-6-7-28-19(16)12-22-21(26-28)24-14-10-15(11-14)30-9-8-29-3/h4-7,12,14-15H,8-11H2,1-3H3,(H,24,26). The molecule has 0 saturated heterocycles. The van der Waals surface area contributed by atoms with Crippen molar-refractivity contribution in [2.24, 2.45) is 7.05 Å². The number of rotatable bonds is 7. The van der Waals surface area contributed by atoms with Crippen LogP contribution in [0, 0.1) is 6.92 Å². The number of hydrogen-bond donors (Lipinski definition) is 1. The number of aryl methyl sites for hydroxylation is 2. The molecule has 0 bridgehead atoms. The van der Waals surface area contributed by atoms with E-state index in [1.54, 1.807) is 7.11 Å². The Morgan fingerprint density at radius 3 is 2.87 bits per heavy atom. The quantitative estimate of drug-likeness (QED) is 0.471. The van der Waals surface area contributed by atoms with Gasteiger partial charge in [0.25, 0.3) is 0 Å². The van der Waals surface area contributed by atoms with Gasteiger partial charge in [0.1, 0.15) is 11.3 Å². The van der Waals surface area contributed by atoms with Gasteiger partial charge in [-0.3, -0.25) is 0 Å². The number of fused-ring (bicyclic) bond motifs is 2. The van der Waals surface area contributed by atoms with Crippen molar-refractivity contribution in [2.75, 3.05) is 25.6 Å². The number of nitrogens with zero attached hydrogens (tertiary/aromatic N) is 6. The van der Waals surface area contributed by atoms with Crippen LogP contribution >= 0.6 is 0 Å². The second kappa shape index (κ2) is 7.66. The van der Waals surface area contributed by atoms with Crippen LogP contribution in [0.15, 0.2) is 30.6 Å². The average Bonchev–Trinajstić information content (AvgIpc) is 3.26. The Morgan fingerprint density at radius 2 is 2.03 bits per heavy atom. The molecule has 0 amide bonds. The number of pyridine rings is 1. The van der Waals surface area contributed by atoms with Crippen LogP contribution in [0.1, 0.15) is 18.7 Å². The summed E-state index contributed by atoms with van der Waals surface area (Å²) >= 11 is 0. The van der Waals surface area contributed by atoms with Gasteiger partial charge in [-0.2, -0.15) is 0 Å². The van der Waals surface area contributed by atoms with Crippen LogP contribution in [-0.2, 0) is 16.5 Å². The van der Waals surface area contributed by atoms with Crippen molar-refractivity contribution >= 4 is 22.6 Å². The van der Waals surface area contributed by atoms with E-state index >= 15 is 0 Å². The van der Waals surface area contributed by atoms with Gasteiger partial charge in [-0.05, 0) is 38.0 Å². The maximum atomic E-state index is 5.73. The Kier molecular flexibility index (Phi) is 4.84. The molecule has 4 aromatic heterocycles. The molecule has 1 saturated carbocycles. The minimum absolute atomic E-state index is 0.288. The monoisotopic (exact) mass is 407 g/mol. The van der Waals surface area contributed by atoms with Crippen LogP contribution in [0.2, 0.25) is 0 Å². The molecular weight excluding hydrogens is 382 g/mol. The summed E-state index contributed by atoms with van der Waals surface area (Å²) in [7, 11) is 3.66. The Hall–Kier alpha value is -3.04. The van der Waals surface area contributed by atoms with E-state index in [1.807, 2.05) is 53.6 Å². The van der Waals surface area contributed by atoms with Gasteiger partial charge in [0.2, 0.25) is 5.95 Å². The maximum Gasteiger partial charge on any atom is 0.241 e. The summed E-state index contributed by atoms with van der Waals surface area (Å²) < 4.78 is 14.6. The highest BCUT2D eigenvalue weighted by Gasteiger charge is 2.30.